The summed E-state index contributed by atoms with van der Waals surface area (Å²) in [5.41, 5.74) is 1.29. The monoisotopic (exact) mass is 311 g/mol. The van der Waals surface area contributed by atoms with Crippen molar-refractivity contribution < 1.29 is 17.9 Å². The third-order valence-electron chi connectivity index (χ3n) is 2.89. The summed E-state index contributed by atoms with van der Waals surface area (Å²) in [5, 5.41) is 1.73. The van der Waals surface area contributed by atoms with E-state index in [0.29, 0.717) is 30.4 Å². The summed E-state index contributed by atoms with van der Waals surface area (Å²) in [4.78, 5) is 0. The number of ether oxygens (including phenoxy) is 2. The Bertz CT molecular complexity index is 723. The fourth-order valence-corrected chi connectivity index (χ4v) is 4.03. The fraction of sp³-hybridized carbons (Fsp3) is 0.231. The van der Waals surface area contributed by atoms with Crippen LogP contribution >= 0.6 is 11.3 Å². The molecular weight excluding hydrogens is 298 g/mol. The van der Waals surface area contributed by atoms with Crippen molar-refractivity contribution in [3.05, 3.63) is 35.2 Å². The minimum absolute atomic E-state index is 0.284. The summed E-state index contributed by atoms with van der Waals surface area (Å²) in [6.45, 7) is 2.80. The number of aryl methyl sites for hydroxylation is 1. The predicted octanol–water partition coefficient (Wildman–Crippen LogP) is 2.63. The van der Waals surface area contributed by atoms with Gasteiger partial charge in [0.2, 0.25) is 0 Å². The third kappa shape index (κ3) is 2.46. The van der Waals surface area contributed by atoms with Gasteiger partial charge < -0.3 is 9.47 Å². The molecule has 1 aromatic carbocycles. The van der Waals surface area contributed by atoms with Gasteiger partial charge in [0.15, 0.2) is 11.5 Å². The van der Waals surface area contributed by atoms with Crippen molar-refractivity contribution in [3.8, 4) is 11.5 Å². The Morgan fingerprint density at radius 2 is 1.90 bits per heavy atom. The van der Waals surface area contributed by atoms with Gasteiger partial charge in [0.05, 0.1) is 5.69 Å². The lowest BCUT2D eigenvalue weighted by Gasteiger charge is -2.20. The van der Waals surface area contributed by atoms with Crippen LogP contribution in [0.25, 0.3) is 0 Å². The maximum atomic E-state index is 12.2. The Hall–Kier alpha value is -1.73. The molecule has 1 N–H and O–H groups in total. The van der Waals surface area contributed by atoms with E-state index in [2.05, 4.69) is 4.72 Å². The molecule has 0 radical (unpaired) electrons. The van der Waals surface area contributed by atoms with Crippen molar-refractivity contribution in [2.75, 3.05) is 17.9 Å². The van der Waals surface area contributed by atoms with Crippen LogP contribution in [0.4, 0.5) is 5.69 Å². The van der Waals surface area contributed by atoms with Crippen LogP contribution < -0.4 is 14.2 Å². The standard InChI is InChI=1S/C13H13NO4S2/c1-9-7-11-12(18-5-4-17-11)8-10(9)14-20(15,16)13-3-2-6-19-13/h2-3,6-8,14H,4-5H2,1H3. The van der Waals surface area contributed by atoms with E-state index in [4.69, 9.17) is 9.47 Å². The van der Waals surface area contributed by atoms with E-state index in [0.717, 1.165) is 5.56 Å². The van der Waals surface area contributed by atoms with Gasteiger partial charge in [0.25, 0.3) is 10.0 Å². The van der Waals surface area contributed by atoms with Crippen molar-refractivity contribution in [1.29, 1.82) is 0 Å². The van der Waals surface area contributed by atoms with Crippen molar-refractivity contribution >= 4 is 27.0 Å². The predicted molar refractivity (Wildman–Crippen MR) is 77.3 cm³/mol. The average Bonchev–Trinajstić information content (AvgIpc) is 2.94. The topological polar surface area (TPSA) is 64.6 Å². The Kier molecular flexibility index (Phi) is 3.31. The van der Waals surface area contributed by atoms with Crippen molar-refractivity contribution in [1.82, 2.24) is 0 Å². The molecule has 1 aliphatic heterocycles. The van der Waals surface area contributed by atoms with Crippen LogP contribution in [0, 0.1) is 6.92 Å². The lowest BCUT2D eigenvalue weighted by Crippen LogP contribution is -2.17. The number of anilines is 1. The second-order valence-corrected chi connectivity index (χ2v) is 7.21. The second kappa shape index (κ2) is 4.99. The van der Waals surface area contributed by atoms with Crippen LogP contribution in [0.1, 0.15) is 5.56 Å². The van der Waals surface area contributed by atoms with Crippen LogP contribution in [0.5, 0.6) is 11.5 Å². The van der Waals surface area contributed by atoms with E-state index in [9.17, 15) is 8.42 Å². The molecule has 2 aromatic rings. The highest BCUT2D eigenvalue weighted by Crippen LogP contribution is 2.36. The van der Waals surface area contributed by atoms with E-state index in [-0.39, 0.29) is 4.21 Å². The van der Waals surface area contributed by atoms with Gasteiger partial charge in [-0.15, -0.1) is 11.3 Å². The third-order valence-corrected chi connectivity index (χ3v) is 5.66. The molecule has 0 fully saturated rings. The summed E-state index contributed by atoms with van der Waals surface area (Å²) in [6.07, 6.45) is 0. The van der Waals surface area contributed by atoms with Gasteiger partial charge in [-0.25, -0.2) is 8.42 Å². The number of benzene rings is 1. The first-order valence-corrected chi connectivity index (χ1v) is 8.39. The highest BCUT2D eigenvalue weighted by Gasteiger charge is 2.19. The van der Waals surface area contributed by atoms with Gasteiger partial charge in [-0.2, -0.15) is 0 Å². The van der Waals surface area contributed by atoms with Gasteiger partial charge >= 0.3 is 0 Å². The maximum Gasteiger partial charge on any atom is 0.271 e. The zero-order valence-electron chi connectivity index (χ0n) is 10.8. The zero-order valence-corrected chi connectivity index (χ0v) is 12.4. The van der Waals surface area contributed by atoms with Crippen molar-refractivity contribution in [2.24, 2.45) is 0 Å². The number of fused-ring (bicyclic) bond motifs is 1. The first-order valence-electron chi connectivity index (χ1n) is 6.03. The summed E-state index contributed by atoms with van der Waals surface area (Å²) < 4.78 is 38.2. The van der Waals surface area contributed by atoms with E-state index in [1.54, 1.807) is 29.6 Å². The van der Waals surface area contributed by atoms with Gasteiger partial charge in [-0.1, -0.05) is 6.07 Å². The number of hydrogen-bond donors (Lipinski definition) is 1. The molecule has 2 heterocycles. The Labute approximate surface area is 121 Å². The highest BCUT2D eigenvalue weighted by atomic mass is 32.2. The second-order valence-electron chi connectivity index (χ2n) is 4.35. The Morgan fingerprint density at radius 1 is 1.20 bits per heavy atom. The maximum absolute atomic E-state index is 12.2. The molecule has 0 saturated heterocycles. The van der Waals surface area contributed by atoms with Gasteiger partial charge in [0.1, 0.15) is 17.4 Å². The number of nitrogens with one attached hydrogen (secondary N) is 1. The normalized spacial score (nSPS) is 14.1. The highest BCUT2D eigenvalue weighted by molar-refractivity contribution is 7.94. The van der Waals surface area contributed by atoms with Crippen LogP contribution in [0.2, 0.25) is 0 Å². The zero-order chi connectivity index (χ0) is 14.2. The minimum atomic E-state index is -3.55. The molecule has 0 unspecified atom stereocenters. The Morgan fingerprint density at radius 3 is 2.55 bits per heavy atom. The molecule has 0 amide bonds. The largest absolute Gasteiger partial charge is 0.486 e. The van der Waals surface area contributed by atoms with Crippen molar-refractivity contribution in [2.45, 2.75) is 11.1 Å². The molecule has 0 bridgehead atoms. The van der Waals surface area contributed by atoms with Gasteiger partial charge in [-0.3, -0.25) is 4.72 Å². The smallest absolute Gasteiger partial charge is 0.271 e. The van der Waals surface area contributed by atoms with Crippen LogP contribution in [0.15, 0.2) is 33.9 Å². The summed E-state index contributed by atoms with van der Waals surface area (Å²) in [7, 11) is -3.55. The molecule has 0 atom stereocenters. The Balaban J connectivity index is 1.95. The molecule has 20 heavy (non-hydrogen) atoms. The summed E-state index contributed by atoms with van der Waals surface area (Å²) in [5.74, 6) is 1.21. The molecule has 1 aromatic heterocycles. The first kappa shape index (κ1) is 13.3. The van der Waals surface area contributed by atoms with E-state index < -0.39 is 10.0 Å². The summed E-state index contributed by atoms with van der Waals surface area (Å²) >= 11 is 1.18. The molecule has 5 nitrogen and oxygen atoms in total. The van der Waals surface area contributed by atoms with Crippen molar-refractivity contribution in [3.63, 3.8) is 0 Å². The molecule has 0 saturated carbocycles. The van der Waals surface area contributed by atoms with E-state index in [1.807, 2.05) is 6.92 Å². The SMILES string of the molecule is Cc1cc2c(cc1NS(=O)(=O)c1cccs1)OCCO2. The van der Waals surface area contributed by atoms with Crippen LogP contribution in [-0.2, 0) is 10.0 Å². The quantitative estimate of drug-likeness (QED) is 0.946. The van der Waals surface area contributed by atoms with Gasteiger partial charge in [0, 0.05) is 6.07 Å². The number of rotatable bonds is 3. The van der Waals surface area contributed by atoms with E-state index >= 15 is 0 Å². The molecule has 0 aliphatic carbocycles. The average molecular weight is 311 g/mol. The van der Waals surface area contributed by atoms with Gasteiger partial charge in [-0.05, 0) is 30.0 Å². The lowest BCUT2D eigenvalue weighted by atomic mass is 10.2. The molecule has 0 spiro atoms. The van der Waals surface area contributed by atoms with E-state index in [1.165, 1.54) is 11.3 Å². The molecule has 7 heteroatoms. The molecule has 3 rings (SSSR count). The lowest BCUT2D eigenvalue weighted by molar-refractivity contribution is 0.171. The summed E-state index contributed by atoms with van der Waals surface area (Å²) in [6, 6.07) is 6.71. The molecule has 106 valence electrons. The minimum Gasteiger partial charge on any atom is -0.486 e. The van der Waals surface area contributed by atoms with Crippen LogP contribution in [0.3, 0.4) is 0 Å². The first-order chi connectivity index (χ1) is 9.56. The number of hydrogen-bond acceptors (Lipinski definition) is 5. The number of thiophene rings is 1. The number of sulfonamides is 1. The molecular formula is C13H13NO4S2. The van der Waals surface area contributed by atoms with Crippen LogP contribution in [-0.4, -0.2) is 21.6 Å². The molecule has 1 aliphatic rings. The fourth-order valence-electron chi connectivity index (χ4n) is 1.91.